The first-order valence-electron chi connectivity index (χ1n) is 4.19. The molecule has 1 amide bonds. The first-order valence-corrected chi connectivity index (χ1v) is 4.19. The van der Waals surface area contributed by atoms with E-state index in [2.05, 4.69) is 0 Å². The highest BCUT2D eigenvalue weighted by Crippen LogP contribution is 2.20. The Morgan fingerprint density at radius 3 is 2.67 bits per heavy atom. The zero-order valence-corrected chi connectivity index (χ0v) is 7.58. The molecule has 0 aromatic carbocycles. The lowest BCUT2D eigenvalue weighted by Gasteiger charge is -2.20. The highest BCUT2D eigenvalue weighted by Gasteiger charge is 2.34. The normalized spacial score (nSPS) is 32.2. The SMILES string of the molecule is C[C@H](N)C(=O)N1CCC(C)(O)C1. The van der Waals surface area contributed by atoms with Crippen LogP contribution in [-0.4, -0.2) is 40.6 Å². The van der Waals surface area contributed by atoms with Crippen LogP contribution in [0, 0.1) is 0 Å². The van der Waals surface area contributed by atoms with Gasteiger partial charge in [0.2, 0.25) is 5.91 Å². The summed E-state index contributed by atoms with van der Waals surface area (Å²) in [6.45, 7) is 4.43. The van der Waals surface area contributed by atoms with Crippen molar-refractivity contribution in [1.82, 2.24) is 4.90 Å². The largest absolute Gasteiger partial charge is 0.388 e. The van der Waals surface area contributed by atoms with Crippen LogP contribution >= 0.6 is 0 Å². The van der Waals surface area contributed by atoms with Crippen LogP contribution in [0.3, 0.4) is 0 Å². The number of nitrogens with two attached hydrogens (primary N) is 1. The average molecular weight is 172 g/mol. The van der Waals surface area contributed by atoms with E-state index in [9.17, 15) is 9.90 Å². The Morgan fingerprint density at radius 2 is 2.33 bits per heavy atom. The van der Waals surface area contributed by atoms with Gasteiger partial charge in [-0.1, -0.05) is 0 Å². The van der Waals surface area contributed by atoms with Crippen molar-refractivity contribution in [2.75, 3.05) is 13.1 Å². The van der Waals surface area contributed by atoms with Gasteiger partial charge in [-0.25, -0.2) is 0 Å². The van der Waals surface area contributed by atoms with E-state index < -0.39 is 11.6 Å². The molecule has 0 spiro atoms. The maximum atomic E-state index is 11.3. The van der Waals surface area contributed by atoms with E-state index in [1.807, 2.05) is 0 Å². The number of hydrogen-bond donors (Lipinski definition) is 2. The van der Waals surface area contributed by atoms with Gasteiger partial charge < -0.3 is 15.7 Å². The fourth-order valence-corrected chi connectivity index (χ4v) is 1.42. The van der Waals surface area contributed by atoms with E-state index >= 15 is 0 Å². The molecule has 1 aliphatic heterocycles. The molecule has 0 radical (unpaired) electrons. The lowest BCUT2D eigenvalue weighted by Crippen LogP contribution is -2.42. The van der Waals surface area contributed by atoms with Crippen LogP contribution in [0.4, 0.5) is 0 Å². The molecular weight excluding hydrogens is 156 g/mol. The van der Waals surface area contributed by atoms with E-state index in [4.69, 9.17) is 5.73 Å². The first kappa shape index (κ1) is 9.48. The molecular formula is C8H16N2O2. The second-order valence-electron chi connectivity index (χ2n) is 3.80. The van der Waals surface area contributed by atoms with Crippen molar-refractivity contribution in [1.29, 1.82) is 0 Å². The molecule has 1 heterocycles. The lowest BCUT2D eigenvalue weighted by atomic mass is 10.1. The summed E-state index contributed by atoms with van der Waals surface area (Å²) >= 11 is 0. The van der Waals surface area contributed by atoms with Gasteiger partial charge in [-0.3, -0.25) is 4.79 Å². The molecule has 4 nitrogen and oxygen atoms in total. The third-order valence-corrected chi connectivity index (χ3v) is 2.15. The summed E-state index contributed by atoms with van der Waals surface area (Å²) in [5, 5.41) is 9.56. The van der Waals surface area contributed by atoms with Gasteiger partial charge in [0.15, 0.2) is 0 Å². The Morgan fingerprint density at radius 1 is 1.75 bits per heavy atom. The molecule has 1 rings (SSSR count). The van der Waals surface area contributed by atoms with Crippen LogP contribution < -0.4 is 5.73 Å². The topological polar surface area (TPSA) is 66.6 Å². The number of hydrogen-bond acceptors (Lipinski definition) is 3. The van der Waals surface area contributed by atoms with Crippen molar-refractivity contribution in [2.24, 2.45) is 5.73 Å². The molecule has 4 heteroatoms. The lowest BCUT2D eigenvalue weighted by molar-refractivity contribution is -0.132. The zero-order valence-electron chi connectivity index (χ0n) is 7.58. The Labute approximate surface area is 72.3 Å². The van der Waals surface area contributed by atoms with Crippen LogP contribution in [0.2, 0.25) is 0 Å². The maximum absolute atomic E-state index is 11.3. The van der Waals surface area contributed by atoms with Crippen LogP contribution in [0.5, 0.6) is 0 Å². The predicted octanol–water partition coefficient (Wildman–Crippen LogP) is -0.683. The number of aliphatic hydroxyl groups is 1. The molecule has 12 heavy (non-hydrogen) atoms. The molecule has 0 saturated carbocycles. The van der Waals surface area contributed by atoms with E-state index in [0.717, 1.165) is 0 Å². The van der Waals surface area contributed by atoms with Gasteiger partial charge in [-0.15, -0.1) is 0 Å². The van der Waals surface area contributed by atoms with Crippen molar-refractivity contribution in [3.8, 4) is 0 Å². The highest BCUT2D eigenvalue weighted by atomic mass is 16.3. The van der Waals surface area contributed by atoms with Crippen LogP contribution in [0.15, 0.2) is 0 Å². The minimum atomic E-state index is -0.718. The Hall–Kier alpha value is -0.610. The number of nitrogens with zero attached hydrogens (tertiary/aromatic N) is 1. The quantitative estimate of drug-likeness (QED) is 0.550. The van der Waals surface area contributed by atoms with Crippen molar-refractivity contribution < 1.29 is 9.90 Å². The molecule has 0 aromatic rings. The molecule has 70 valence electrons. The third-order valence-electron chi connectivity index (χ3n) is 2.15. The molecule has 2 atom stereocenters. The number of likely N-dealkylation sites (tertiary alicyclic amines) is 1. The molecule has 0 aromatic heterocycles. The summed E-state index contributed by atoms with van der Waals surface area (Å²) in [6.07, 6.45) is 0.644. The van der Waals surface area contributed by atoms with E-state index in [1.54, 1.807) is 18.7 Å². The van der Waals surface area contributed by atoms with Crippen molar-refractivity contribution >= 4 is 5.91 Å². The minimum Gasteiger partial charge on any atom is -0.388 e. The summed E-state index contributed by atoms with van der Waals surface area (Å²) in [7, 11) is 0. The van der Waals surface area contributed by atoms with Crippen molar-refractivity contribution in [3.05, 3.63) is 0 Å². The molecule has 1 aliphatic rings. The number of rotatable bonds is 1. The summed E-state index contributed by atoms with van der Waals surface area (Å²) in [5.74, 6) is -0.0761. The second kappa shape index (κ2) is 3.03. The van der Waals surface area contributed by atoms with E-state index in [1.165, 1.54) is 0 Å². The van der Waals surface area contributed by atoms with Gasteiger partial charge in [0.05, 0.1) is 11.6 Å². The number of β-amino-alcohol motifs (C(OH)–C–C–N with tert-alkyl or cyclic N) is 1. The minimum absolute atomic E-state index is 0.0761. The smallest absolute Gasteiger partial charge is 0.239 e. The predicted molar refractivity (Wildman–Crippen MR) is 45.5 cm³/mol. The van der Waals surface area contributed by atoms with Gasteiger partial charge in [0, 0.05) is 13.1 Å². The van der Waals surface area contributed by atoms with E-state index in [-0.39, 0.29) is 5.91 Å². The van der Waals surface area contributed by atoms with Crippen molar-refractivity contribution in [3.63, 3.8) is 0 Å². The third kappa shape index (κ3) is 1.95. The van der Waals surface area contributed by atoms with Gasteiger partial charge in [-0.2, -0.15) is 0 Å². The van der Waals surface area contributed by atoms with Gasteiger partial charge in [-0.05, 0) is 20.3 Å². The molecule has 0 aliphatic carbocycles. The Kier molecular flexibility index (Phi) is 2.39. The Bertz CT molecular complexity index is 189. The summed E-state index contributed by atoms with van der Waals surface area (Å²) in [5.41, 5.74) is 4.71. The van der Waals surface area contributed by atoms with Gasteiger partial charge >= 0.3 is 0 Å². The van der Waals surface area contributed by atoms with Gasteiger partial charge in [0.1, 0.15) is 0 Å². The average Bonchev–Trinajstić information content (AvgIpc) is 2.28. The molecule has 1 fully saturated rings. The van der Waals surface area contributed by atoms with E-state index in [0.29, 0.717) is 19.5 Å². The maximum Gasteiger partial charge on any atom is 0.239 e. The summed E-state index contributed by atoms with van der Waals surface area (Å²) < 4.78 is 0. The zero-order chi connectivity index (χ0) is 9.35. The first-order chi connectivity index (χ1) is 5.42. The highest BCUT2D eigenvalue weighted by molar-refractivity contribution is 5.81. The second-order valence-corrected chi connectivity index (χ2v) is 3.80. The van der Waals surface area contributed by atoms with Gasteiger partial charge in [0.25, 0.3) is 0 Å². The summed E-state index contributed by atoms with van der Waals surface area (Å²) in [4.78, 5) is 12.9. The van der Waals surface area contributed by atoms with Crippen LogP contribution in [-0.2, 0) is 4.79 Å². The monoisotopic (exact) mass is 172 g/mol. The van der Waals surface area contributed by atoms with Crippen LogP contribution in [0.25, 0.3) is 0 Å². The number of amides is 1. The fraction of sp³-hybridized carbons (Fsp3) is 0.875. The molecule has 3 N–H and O–H groups in total. The molecule has 0 bridgehead atoms. The molecule has 1 saturated heterocycles. The fourth-order valence-electron chi connectivity index (χ4n) is 1.42. The standard InChI is InChI=1S/C8H16N2O2/c1-6(9)7(11)10-4-3-8(2,12)5-10/h6,12H,3-5,9H2,1-2H3/t6-,8?/m0/s1. The Balaban J connectivity index is 2.53. The van der Waals surface area contributed by atoms with Crippen molar-refractivity contribution in [2.45, 2.75) is 31.9 Å². The van der Waals surface area contributed by atoms with Crippen LogP contribution in [0.1, 0.15) is 20.3 Å². The number of carbonyl (C=O) groups excluding carboxylic acids is 1. The molecule has 1 unspecified atom stereocenters. The summed E-state index contributed by atoms with van der Waals surface area (Å²) in [6, 6.07) is -0.459. The number of carbonyl (C=O) groups is 1.